The molecule has 0 unspecified atom stereocenters. The van der Waals surface area contributed by atoms with Gasteiger partial charge in [0.1, 0.15) is 11.2 Å². The summed E-state index contributed by atoms with van der Waals surface area (Å²) in [5.41, 5.74) is 10.5. The third-order valence-electron chi connectivity index (χ3n) is 8.22. The molecule has 0 aliphatic carbocycles. The van der Waals surface area contributed by atoms with E-state index in [9.17, 15) is 0 Å². The fourth-order valence-electron chi connectivity index (χ4n) is 6.31. The van der Waals surface area contributed by atoms with Crippen LogP contribution in [0.2, 0.25) is 0 Å². The average molecular weight is 542 g/mol. The van der Waals surface area contributed by atoms with Gasteiger partial charge in [-0.1, -0.05) is 103 Å². The Morgan fingerprint density at radius 3 is 2.02 bits per heavy atom. The molecule has 41 heavy (non-hydrogen) atoms. The van der Waals surface area contributed by atoms with Crippen LogP contribution in [0.1, 0.15) is 0 Å². The van der Waals surface area contributed by atoms with Gasteiger partial charge in [-0.25, -0.2) is 0 Å². The maximum atomic E-state index is 6.04. The van der Waals surface area contributed by atoms with Gasteiger partial charge in [0.25, 0.3) is 0 Å². The number of hydrogen-bond donors (Lipinski definition) is 0. The molecular weight excluding hydrogens is 518 g/mol. The van der Waals surface area contributed by atoms with E-state index in [4.69, 9.17) is 4.42 Å². The topological polar surface area (TPSA) is 18.1 Å². The number of fused-ring (bicyclic) bond motifs is 8. The first-order valence-corrected chi connectivity index (χ1v) is 14.7. The first kappa shape index (κ1) is 22.7. The number of benzene rings is 6. The molecule has 0 bridgehead atoms. The van der Waals surface area contributed by atoms with Crippen LogP contribution >= 0.6 is 11.3 Å². The highest BCUT2D eigenvalue weighted by molar-refractivity contribution is 7.27. The molecule has 0 spiro atoms. The lowest BCUT2D eigenvalue weighted by molar-refractivity contribution is 0.669. The van der Waals surface area contributed by atoms with Crippen molar-refractivity contribution in [1.82, 2.24) is 4.57 Å². The summed E-state index contributed by atoms with van der Waals surface area (Å²) in [6, 6.07) is 49.9. The lowest BCUT2D eigenvalue weighted by Gasteiger charge is -2.09. The molecule has 0 aliphatic rings. The van der Waals surface area contributed by atoms with Gasteiger partial charge in [0, 0.05) is 31.9 Å². The number of furan rings is 1. The van der Waals surface area contributed by atoms with Crippen LogP contribution < -0.4 is 0 Å². The van der Waals surface area contributed by atoms with Gasteiger partial charge in [-0.05, 0) is 58.7 Å². The van der Waals surface area contributed by atoms with Crippen molar-refractivity contribution in [1.29, 1.82) is 0 Å². The lowest BCUT2D eigenvalue weighted by atomic mass is 9.98. The maximum absolute atomic E-state index is 6.04. The number of para-hydroxylation sites is 3. The maximum Gasteiger partial charge on any atom is 0.135 e. The van der Waals surface area contributed by atoms with Gasteiger partial charge < -0.3 is 8.98 Å². The second-order valence-corrected chi connectivity index (χ2v) is 11.6. The number of thiophene rings is 1. The first-order chi connectivity index (χ1) is 20.3. The van der Waals surface area contributed by atoms with E-state index < -0.39 is 0 Å². The van der Waals surface area contributed by atoms with Crippen LogP contribution in [0.15, 0.2) is 144 Å². The van der Waals surface area contributed by atoms with Gasteiger partial charge in [-0.3, -0.25) is 0 Å². The van der Waals surface area contributed by atoms with Crippen LogP contribution in [-0.4, -0.2) is 4.57 Å². The van der Waals surface area contributed by atoms with E-state index in [0.717, 1.165) is 21.9 Å². The Morgan fingerprint density at radius 2 is 1.15 bits per heavy atom. The highest BCUT2D eigenvalue weighted by Crippen LogP contribution is 2.45. The Morgan fingerprint density at radius 1 is 0.463 bits per heavy atom. The largest absolute Gasteiger partial charge is 0.456 e. The predicted octanol–water partition coefficient (Wildman–Crippen LogP) is 11.2. The molecule has 0 fully saturated rings. The van der Waals surface area contributed by atoms with E-state index in [1.807, 2.05) is 23.5 Å². The van der Waals surface area contributed by atoms with Gasteiger partial charge >= 0.3 is 0 Å². The minimum Gasteiger partial charge on any atom is -0.456 e. The smallest absolute Gasteiger partial charge is 0.135 e. The quantitative estimate of drug-likeness (QED) is 0.217. The first-order valence-electron chi connectivity index (χ1n) is 13.9. The molecule has 192 valence electrons. The minimum atomic E-state index is 0.926. The Balaban J connectivity index is 1.20. The molecule has 0 N–H and O–H groups in total. The second-order valence-electron chi connectivity index (χ2n) is 10.5. The molecular formula is C38H23NOS. The van der Waals surface area contributed by atoms with E-state index in [1.54, 1.807) is 0 Å². The van der Waals surface area contributed by atoms with E-state index in [0.29, 0.717) is 0 Å². The van der Waals surface area contributed by atoms with Crippen molar-refractivity contribution < 1.29 is 4.42 Å². The number of rotatable bonds is 3. The van der Waals surface area contributed by atoms with E-state index in [1.165, 1.54) is 59.1 Å². The molecule has 9 aromatic rings. The van der Waals surface area contributed by atoms with E-state index in [-0.39, 0.29) is 0 Å². The Hall–Kier alpha value is -5.12. The molecule has 3 heterocycles. The normalized spacial score (nSPS) is 11.9. The van der Waals surface area contributed by atoms with E-state index >= 15 is 0 Å². The molecule has 3 aromatic heterocycles. The summed E-state index contributed by atoms with van der Waals surface area (Å²) in [4.78, 5) is 0. The monoisotopic (exact) mass is 541 g/mol. The summed E-state index contributed by atoms with van der Waals surface area (Å²) in [6.07, 6.45) is 0. The summed E-state index contributed by atoms with van der Waals surface area (Å²) in [6.45, 7) is 0. The van der Waals surface area contributed by atoms with Crippen molar-refractivity contribution in [2.75, 3.05) is 0 Å². The van der Waals surface area contributed by atoms with Crippen LogP contribution in [0, 0.1) is 0 Å². The third kappa shape index (κ3) is 3.36. The molecule has 0 radical (unpaired) electrons. The van der Waals surface area contributed by atoms with Crippen molar-refractivity contribution in [3.8, 4) is 27.9 Å². The SMILES string of the molecule is c1ccc(-n2c3ccccc3c3sc4c(-c5ccc(-c6ccc7oc8ccccc8c7c6)cc5)cccc4c32)cc1. The van der Waals surface area contributed by atoms with Crippen molar-refractivity contribution in [2.24, 2.45) is 0 Å². The fraction of sp³-hybridized carbons (Fsp3) is 0. The van der Waals surface area contributed by atoms with Crippen molar-refractivity contribution >= 4 is 64.5 Å². The molecule has 0 amide bonds. The summed E-state index contributed by atoms with van der Waals surface area (Å²) in [7, 11) is 0. The minimum absolute atomic E-state index is 0.926. The van der Waals surface area contributed by atoms with E-state index in [2.05, 4.69) is 132 Å². The summed E-state index contributed by atoms with van der Waals surface area (Å²) in [5.74, 6) is 0. The summed E-state index contributed by atoms with van der Waals surface area (Å²) < 4.78 is 11.1. The average Bonchev–Trinajstić information content (AvgIpc) is 3.70. The van der Waals surface area contributed by atoms with Gasteiger partial charge in [0.2, 0.25) is 0 Å². The molecule has 0 atom stereocenters. The van der Waals surface area contributed by atoms with Gasteiger partial charge in [0.15, 0.2) is 0 Å². The molecule has 2 nitrogen and oxygen atoms in total. The van der Waals surface area contributed by atoms with Gasteiger partial charge in [-0.2, -0.15) is 0 Å². The van der Waals surface area contributed by atoms with Crippen LogP contribution in [0.4, 0.5) is 0 Å². The number of hydrogen-bond acceptors (Lipinski definition) is 2. The molecule has 0 saturated heterocycles. The van der Waals surface area contributed by atoms with Crippen molar-refractivity contribution in [3.63, 3.8) is 0 Å². The molecule has 9 rings (SSSR count). The Labute approximate surface area is 240 Å². The standard InChI is InChI=1S/C38H23NOS/c1-2-9-27(10-3-1)39-33-15-6-4-12-30(33)38-36(39)31-14-8-13-28(37(31)41-38)25-19-17-24(18-20-25)26-21-22-35-32(23-26)29-11-5-7-16-34(29)40-35/h1-23H. The van der Waals surface area contributed by atoms with Crippen LogP contribution in [0.5, 0.6) is 0 Å². The predicted molar refractivity (Wildman–Crippen MR) is 174 cm³/mol. The van der Waals surface area contributed by atoms with Crippen LogP contribution in [-0.2, 0) is 0 Å². The molecule has 0 aliphatic heterocycles. The number of aromatic nitrogens is 1. The molecule has 0 saturated carbocycles. The van der Waals surface area contributed by atoms with Gasteiger partial charge in [0.05, 0.1) is 15.7 Å². The number of nitrogens with zero attached hydrogens (tertiary/aromatic N) is 1. The Bertz CT molecular complexity index is 2410. The lowest BCUT2D eigenvalue weighted by Crippen LogP contribution is -1.92. The summed E-state index contributed by atoms with van der Waals surface area (Å²) in [5, 5.41) is 4.91. The molecule has 6 aromatic carbocycles. The zero-order valence-electron chi connectivity index (χ0n) is 22.0. The Kier molecular flexibility index (Phi) is 4.80. The highest BCUT2D eigenvalue weighted by Gasteiger charge is 2.19. The zero-order chi connectivity index (χ0) is 26.9. The van der Waals surface area contributed by atoms with Crippen LogP contribution in [0.3, 0.4) is 0 Å². The zero-order valence-corrected chi connectivity index (χ0v) is 22.9. The highest BCUT2D eigenvalue weighted by atomic mass is 32.1. The van der Waals surface area contributed by atoms with Crippen molar-refractivity contribution in [2.45, 2.75) is 0 Å². The second kappa shape index (κ2) is 8.69. The summed E-state index contributed by atoms with van der Waals surface area (Å²) >= 11 is 1.90. The van der Waals surface area contributed by atoms with Crippen molar-refractivity contribution in [3.05, 3.63) is 140 Å². The van der Waals surface area contributed by atoms with Gasteiger partial charge in [-0.15, -0.1) is 11.3 Å². The fourth-order valence-corrected chi connectivity index (χ4v) is 7.67. The third-order valence-corrected chi connectivity index (χ3v) is 9.48. The molecule has 3 heteroatoms. The van der Waals surface area contributed by atoms with Crippen LogP contribution in [0.25, 0.3) is 81.1 Å².